The number of ether oxygens (including phenoxy) is 2. The molecule has 6 heteroatoms. The number of carbonyl (C=O) groups excluding carboxylic acids is 2. The third kappa shape index (κ3) is 4.59. The first-order valence-electron chi connectivity index (χ1n) is 10.6. The third-order valence-corrected chi connectivity index (χ3v) is 5.39. The van der Waals surface area contributed by atoms with Crippen LogP contribution in [0.25, 0.3) is 0 Å². The summed E-state index contributed by atoms with van der Waals surface area (Å²) in [5.74, 6) is 0.913. The number of aryl methyl sites for hydroxylation is 2. The zero-order valence-electron chi connectivity index (χ0n) is 18.4. The van der Waals surface area contributed by atoms with E-state index in [0.29, 0.717) is 23.7 Å². The van der Waals surface area contributed by atoms with Crippen molar-refractivity contribution in [3.05, 3.63) is 83.4 Å². The molecule has 0 saturated carbocycles. The lowest BCUT2D eigenvalue weighted by Gasteiger charge is -2.33. The molecule has 1 aliphatic heterocycles. The van der Waals surface area contributed by atoms with Gasteiger partial charge in [0, 0.05) is 11.8 Å². The maximum absolute atomic E-state index is 12.7. The first-order chi connectivity index (χ1) is 15.4. The molecule has 3 aromatic carbocycles. The fraction of sp³-hybridized carbons (Fsp3) is 0.231. The van der Waals surface area contributed by atoms with Crippen LogP contribution < -0.4 is 19.7 Å². The molecule has 4 rings (SSSR count). The molecule has 2 amide bonds. The van der Waals surface area contributed by atoms with Crippen molar-refractivity contribution >= 4 is 23.2 Å². The van der Waals surface area contributed by atoms with E-state index in [4.69, 9.17) is 9.47 Å². The maximum atomic E-state index is 12.7. The van der Waals surface area contributed by atoms with Crippen LogP contribution in [0.5, 0.6) is 11.5 Å². The van der Waals surface area contributed by atoms with Gasteiger partial charge in [0.2, 0.25) is 0 Å². The van der Waals surface area contributed by atoms with E-state index < -0.39 is 6.10 Å². The van der Waals surface area contributed by atoms with E-state index in [9.17, 15) is 9.59 Å². The Labute approximate surface area is 187 Å². The second kappa shape index (κ2) is 9.14. The average molecular weight is 431 g/mol. The molecule has 1 atom stereocenters. The van der Waals surface area contributed by atoms with Crippen molar-refractivity contribution in [3.63, 3.8) is 0 Å². The van der Waals surface area contributed by atoms with Crippen LogP contribution in [-0.4, -0.2) is 24.5 Å². The summed E-state index contributed by atoms with van der Waals surface area (Å²) in [4.78, 5) is 26.9. The number of hydrogen-bond acceptors (Lipinski definition) is 4. The zero-order valence-corrected chi connectivity index (χ0v) is 18.4. The molecule has 164 valence electrons. The van der Waals surface area contributed by atoms with Gasteiger partial charge in [-0.15, -0.1) is 0 Å². The number of nitrogens with zero attached hydrogens (tertiary/aromatic N) is 1. The molecule has 3 aromatic rings. The van der Waals surface area contributed by atoms with Crippen LogP contribution in [0.2, 0.25) is 0 Å². The molecule has 1 heterocycles. The predicted octanol–water partition coefficient (Wildman–Crippen LogP) is 4.64. The maximum Gasteiger partial charge on any atom is 0.268 e. The van der Waals surface area contributed by atoms with Gasteiger partial charge in [-0.2, -0.15) is 0 Å². The smallest absolute Gasteiger partial charge is 0.268 e. The highest BCUT2D eigenvalue weighted by Crippen LogP contribution is 2.37. The van der Waals surface area contributed by atoms with Gasteiger partial charge in [-0.25, -0.2) is 0 Å². The van der Waals surface area contributed by atoms with Crippen molar-refractivity contribution in [1.29, 1.82) is 0 Å². The van der Waals surface area contributed by atoms with Gasteiger partial charge in [-0.05, 0) is 49.6 Å². The van der Waals surface area contributed by atoms with Gasteiger partial charge in [0.1, 0.15) is 11.5 Å². The van der Waals surface area contributed by atoms with Crippen LogP contribution in [0.1, 0.15) is 23.6 Å². The number of fused-ring (bicyclic) bond motifs is 1. The highest BCUT2D eigenvalue weighted by Gasteiger charge is 2.31. The summed E-state index contributed by atoms with van der Waals surface area (Å²) < 4.78 is 11.6. The molecule has 32 heavy (non-hydrogen) atoms. The lowest BCUT2D eigenvalue weighted by atomic mass is 10.1. The third-order valence-electron chi connectivity index (χ3n) is 5.39. The SMILES string of the molecule is Cc1cccc(C)c1OCC(=O)Nc1ccc2c(c1)OC(C)C(=O)N2Cc1ccccc1. The normalized spacial score (nSPS) is 15.0. The highest BCUT2D eigenvalue weighted by atomic mass is 16.5. The minimum atomic E-state index is -0.607. The van der Waals surface area contributed by atoms with E-state index in [1.54, 1.807) is 30.0 Å². The van der Waals surface area contributed by atoms with Gasteiger partial charge >= 0.3 is 0 Å². The molecule has 0 radical (unpaired) electrons. The van der Waals surface area contributed by atoms with Gasteiger partial charge in [0.05, 0.1) is 12.2 Å². The van der Waals surface area contributed by atoms with Crippen molar-refractivity contribution in [2.75, 3.05) is 16.8 Å². The molecule has 0 aliphatic carbocycles. The van der Waals surface area contributed by atoms with E-state index in [1.807, 2.05) is 62.4 Å². The van der Waals surface area contributed by atoms with Crippen LogP contribution in [0, 0.1) is 13.8 Å². The summed E-state index contributed by atoms with van der Waals surface area (Å²) in [6.07, 6.45) is -0.607. The molecular weight excluding hydrogens is 404 g/mol. The number of hydrogen-bond donors (Lipinski definition) is 1. The lowest BCUT2D eigenvalue weighted by Crippen LogP contribution is -2.44. The lowest BCUT2D eigenvalue weighted by molar-refractivity contribution is -0.125. The summed E-state index contributed by atoms with van der Waals surface area (Å²) in [7, 11) is 0. The Bertz CT molecular complexity index is 1120. The topological polar surface area (TPSA) is 67.9 Å². The molecule has 6 nitrogen and oxygen atoms in total. The number of para-hydroxylation sites is 1. The molecule has 1 unspecified atom stereocenters. The molecule has 0 fully saturated rings. The van der Waals surface area contributed by atoms with Crippen molar-refractivity contribution in [2.45, 2.75) is 33.4 Å². The van der Waals surface area contributed by atoms with Crippen molar-refractivity contribution in [2.24, 2.45) is 0 Å². The molecule has 0 bridgehead atoms. The second-order valence-corrected chi connectivity index (χ2v) is 7.91. The Morgan fingerprint density at radius 3 is 2.47 bits per heavy atom. The highest BCUT2D eigenvalue weighted by molar-refractivity contribution is 6.00. The summed E-state index contributed by atoms with van der Waals surface area (Å²) in [5, 5.41) is 2.84. The molecule has 1 N–H and O–H groups in total. The summed E-state index contributed by atoms with van der Waals surface area (Å²) in [6.45, 7) is 5.98. The van der Waals surface area contributed by atoms with Gasteiger partial charge in [0.25, 0.3) is 11.8 Å². The minimum Gasteiger partial charge on any atom is -0.483 e. The standard InChI is InChI=1S/C26H26N2O4/c1-17-8-7-9-18(2)25(17)31-16-24(29)27-21-12-13-22-23(14-21)32-19(3)26(30)28(22)15-20-10-5-4-6-11-20/h4-14,19H,15-16H2,1-3H3,(H,27,29). The van der Waals surface area contributed by atoms with Crippen LogP contribution in [0.4, 0.5) is 11.4 Å². The molecule has 0 spiro atoms. The number of nitrogens with one attached hydrogen (secondary N) is 1. The quantitative estimate of drug-likeness (QED) is 0.619. The summed E-state index contributed by atoms with van der Waals surface area (Å²) in [5.41, 5.74) is 4.26. The van der Waals surface area contributed by atoms with Crippen LogP contribution in [-0.2, 0) is 16.1 Å². The first kappa shape index (κ1) is 21.4. The Balaban J connectivity index is 1.47. The van der Waals surface area contributed by atoms with Crippen LogP contribution >= 0.6 is 0 Å². The van der Waals surface area contributed by atoms with Crippen LogP contribution in [0.3, 0.4) is 0 Å². The van der Waals surface area contributed by atoms with E-state index >= 15 is 0 Å². The molecule has 1 aliphatic rings. The van der Waals surface area contributed by atoms with E-state index in [-0.39, 0.29) is 18.4 Å². The van der Waals surface area contributed by atoms with Crippen LogP contribution in [0.15, 0.2) is 66.7 Å². The fourth-order valence-electron chi connectivity index (χ4n) is 3.78. The van der Waals surface area contributed by atoms with Gasteiger partial charge in [-0.1, -0.05) is 48.5 Å². The average Bonchev–Trinajstić information content (AvgIpc) is 2.77. The molecule has 0 saturated heterocycles. The summed E-state index contributed by atoms with van der Waals surface area (Å²) in [6, 6.07) is 21.0. The number of carbonyl (C=O) groups is 2. The minimum absolute atomic E-state index is 0.0971. The molecule has 0 aromatic heterocycles. The van der Waals surface area contributed by atoms with Gasteiger partial charge in [0.15, 0.2) is 12.7 Å². The van der Waals surface area contributed by atoms with Crippen molar-refractivity contribution in [1.82, 2.24) is 0 Å². The largest absolute Gasteiger partial charge is 0.483 e. The monoisotopic (exact) mass is 430 g/mol. The Morgan fingerprint density at radius 1 is 1.03 bits per heavy atom. The Hall–Kier alpha value is -3.80. The number of benzene rings is 3. The number of rotatable bonds is 6. The predicted molar refractivity (Wildman–Crippen MR) is 124 cm³/mol. The van der Waals surface area contributed by atoms with Crippen molar-refractivity contribution in [3.8, 4) is 11.5 Å². The Kier molecular flexibility index (Phi) is 6.12. The van der Waals surface area contributed by atoms with Gasteiger partial charge in [-0.3, -0.25) is 9.59 Å². The Morgan fingerprint density at radius 2 is 1.75 bits per heavy atom. The van der Waals surface area contributed by atoms with E-state index in [1.165, 1.54) is 0 Å². The zero-order chi connectivity index (χ0) is 22.7. The van der Waals surface area contributed by atoms with Crippen molar-refractivity contribution < 1.29 is 19.1 Å². The van der Waals surface area contributed by atoms with Gasteiger partial charge < -0.3 is 19.7 Å². The van der Waals surface area contributed by atoms with E-state index in [2.05, 4.69) is 5.32 Å². The fourth-order valence-corrected chi connectivity index (χ4v) is 3.78. The molecular formula is C26H26N2O4. The number of anilines is 2. The number of amides is 2. The summed E-state index contributed by atoms with van der Waals surface area (Å²) >= 11 is 0. The first-order valence-corrected chi connectivity index (χ1v) is 10.6. The second-order valence-electron chi connectivity index (χ2n) is 7.91. The van der Waals surface area contributed by atoms with E-state index in [0.717, 1.165) is 22.4 Å².